The maximum Gasteiger partial charge on any atom is 0.0735 e. The van der Waals surface area contributed by atoms with E-state index < -0.39 is 0 Å². The lowest BCUT2D eigenvalue weighted by atomic mass is 10.1. The molecule has 0 radical (unpaired) electrons. The van der Waals surface area contributed by atoms with E-state index in [0.717, 1.165) is 0 Å². The average Bonchev–Trinajstić information content (AvgIpc) is 1.77. The first-order valence-corrected chi connectivity index (χ1v) is 2.82. The molecule has 0 aromatic heterocycles. The summed E-state index contributed by atoms with van der Waals surface area (Å²) in [6.07, 6.45) is 0.338. The van der Waals surface area contributed by atoms with E-state index in [1.54, 1.807) is 0 Å². The monoisotopic (exact) mass is 153 g/mol. The van der Waals surface area contributed by atoms with Crippen molar-refractivity contribution in [2.24, 2.45) is 5.73 Å². The van der Waals surface area contributed by atoms with E-state index in [2.05, 4.69) is 0 Å². The van der Waals surface area contributed by atoms with Crippen LogP contribution < -0.4 is 5.73 Å². The van der Waals surface area contributed by atoms with Crippen LogP contribution in [0.5, 0.6) is 0 Å². The Bertz CT molecular complexity index is 71.4. The number of rotatable bonds is 0. The predicted molar refractivity (Wildman–Crippen MR) is 36.7 cm³/mol. The molecule has 0 aromatic rings. The first kappa shape index (κ1) is 9.17. The molecule has 1 heterocycles. The molecule has 3 N–H and O–H groups in total. The van der Waals surface area contributed by atoms with E-state index >= 15 is 0 Å². The molecule has 0 unspecified atom stereocenters. The third kappa shape index (κ3) is 2.49. The van der Waals surface area contributed by atoms with Crippen LogP contribution in [0.4, 0.5) is 0 Å². The van der Waals surface area contributed by atoms with Gasteiger partial charge in [-0.15, -0.1) is 12.4 Å². The number of hydrogen-bond donors (Lipinski definition) is 2. The van der Waals surface area contributed by atoms with Crippen LogP contribution >= 0.6 is 12.4 Å². The SMILES string of the molecule is Cl.N[C@H]1COCC[C@H]1O. The fourth-order valence-electron chi connectivity index (χ4n) is 0.749. The minimum Gasteiger partial charge on any atom is -0.391 e. The Labute approximate surface area is 60.6 Å². The van der Waals surface area contributed by atoms with Crippen molar-refractivity contribution in [3.05, 3.63) is 0 Å². The third-order valence-corrected chi connectivity index (χ3v) is 1.36. The summed E-state index contributed by atoms with van der Waals surface area (Å²) in [5.74, 6) is 0. The Morgan fingerprint density at radius 3 is 2.56 bits per heavy atom. The Kier molecular flexibility index (Phi) is 4.14. The van der Waals surface area contributed by atoms with Crippen LogP contribution in [0, 0.1) is 0 Å². The van der Waals surface area contributed by atoms with Gasteiger partial charge in [0.05, 0.1) is 18.8 Å². The summed E-state index contributed by atoms with van der Waals surface area (Å²) in [4.78, 5) is 0. The molecule has 4 heteroatoms. The summed E-state index contributed by atoms with van der Waals surface area (Å²) in [6.45, 7) is 1.15. The lowest BCUT2D eigenvalue weighted by Gasteiger charge is -2.23. The lowest BCUT2D eigenvalue weighted by Crippen LogP contribution is -2.43. The van der Waals surface area contributed by atoms with E-state index in [4.69, 9.17) is 15.6 Å². The Hall–Kier alpha value is 0.170. The topological polar surface area (TPSA) is 55.5 Å². The van der Waals surface area contributed by atoms with Crippen LogP contribution in [0.2, 0.25) is 0 Å². The fraction of sp³-hybridized carbons (Fsp3) is 1.00. The second-order valence-electron chi connectivity index (χ2n) is 2.09. The van der Waals surface area contributed by atoms with Crippen LogP contribution in [0.25, 0.3) is 0 Å². The van der Waals surface area contributed by atoms with Crippen molar-refractivity contribution in [2.45, 2.75) is 18.6 Å². The molecular formula is C5H12ClNO2. The van der Waals surface area contributed by atoms with Crippen LogP contribution in [-0.4, -0.2) is 30.5 Å². The molecule has 1 fully saturated rings. The molecule has 0 saturated carbocycles. The number of halogens is 1. The van der Waals surface area contributed by atoms with Gasteiger partial charge in [-0.2, -0.15) is 0 Å². The zero-order valence-corrected chi connectivity index (χ0v) is 5.93. The zero-order chi connectivity index (χ0) is 5.98. The maximum absolute atomic E-state index is 8.97. The Balaban J connectivity index is 0.000000640. The maximum atomic E-state index is 8.97. The molecule has 1 rings (SSSR count). The molecule has 9 heavy (non-hydrogen) atoms. The van der Waals surface area contributed by atoms with Gasteiger partial charge in [0.1, 0.15) is 0 Å². The van der Waals surface area contributed by atoms with Gasteiger partial charge in [-0.25, -0.2) is 0 Å². The van der Waals surface area contributed by atoms with Gasteiger partial charge in [-0.3, -0.25) is 0 Å². The predicted octanol–water partition coefficient (Wildman–Crippen LogP) is -0.483. The van der Waals surface area contributed by atoms with Crippen molar-refractivity contribution in [3.63, 3.8) is 0 Å². The van der Waals surface area contributed by atoms with Gasteiger partial charge < -0.3 is 15.6 Å². The lowest BCUT2D eigenvalue weighted by molar-refractivity contribution is -0.00319. The first-order valence-electron chi connectivity index (χ1n) is 2.82. The molecule has 0 aromatic carbocycles. The Morgan fingerprint density at radius 2 is 2.22 bits per heavy atom. The van der Waals surface area contributed by atoms with E-state index in [0.29, 0.717) is 19.6 Å². The molecule has 1 saturated heterocycles. The summed E-state index contributed by atoms with van der Waals surface area (Å²) >= 11 is 0. The minimum absolute atomic E-state index is 0. The standard InChI is InChI=1S/C5H11NO2.ClH/c6-4-3-8-2-1-5(4)7;/h4-5,7H,1-3,6H2;1H/t4-,5+;/m0./s1. The number of aliphatic hydroxyl groups is 1. The van der Waals surface area contributed by atoms with Crippen LogP contribution in [0.1, 0.15) is 6.42 Å². The van der Waals surface area contributed by atoms with E-state index in [9.17, 15) is 0 Å². The van der Waals surface area contributed by atoms with Gasteiger partial charge in [0.2, 0.25) is 0 Å². The van der Waals surface area contributed by atoms with Crippen LogP contribution in [-0.2, 0) is 4.74 Å². The largest absolute Gasteiger partial charge is 0.391 e. The number of aliphatic hydroxyl groups excluding tert-OH is 1. The molecular weight excluding hydrogens is 142 g/mol. The summed E-state index contributed by atoms with van der Waals surface area (Å²) < 4.78 is 4.97. The minimum atomic E-state index is -0.344. The second-order valence-corrected chi connectivity index (χ2v) is 2.09. The highest BCUT2D eigenvalue weighted by atomic mass is 35.5. The van der Waals surface area contributed by atoms with Crippen LogP contribution in [0.3, 0.4) is 0 Å². The second kappa shape index (κ2) is 4.06. The fourth-order valence-corrected chi connectivity index (χ4v) is 0.749. The van der Waals surface area contributed by atoms with Crippen molar-refractivity contribution in [2.75, 3.05) is 13.2 Å². The summed E-state index contributed by atoms with van der Waals surface area (Å²) in [5.41, 5.74) is 5.40. The molecule has 0 amide bonds. The van der Waals surface area contributed by atoms with Gasteiger partial charge in [-0.05, 0) is 6.42 Å². The number of ether oxygens (including phenoxy) is 1. The van der Waals surface area contributed by atoms with E-state index in [1.165, 1.54) is 0 Å². The van der Waals surface area contributed by atoms with Gasteiger partial charge in [0.15, 0.2) is 0 Å². The molecule has 3 nitrogen and oxygen atoms in total. The average molecular weight is 154 g/mol. The van der Waals surface area contributed by atoms with Crippen LogP contribution in [0.15, 0.2) is 0 Å². The van der Waals surface area contributed by atoms with E-state index in [-0.39, 0.29) is 24.6 Å². The summed E-state index contributed by atoms with van der Waals surface area (Å²) in [7, 11) is 0. The third-order valence-electron chi connectivity index (χ3n) is 1.36. The summed E-state index contributed by atoms with van der Waals surface area (Å²) in [6, 6.07) is -0.163. The molecule has 0 spiro atoms. The Morgan fingerprint density at radius 1 is 1.56 bits per heavy atom. The molecule has 2 atom stereocenters. The van der Waals surface area contributed by atoms with Gasteiger partial charge >= 0.3 is 0 Å². The highest BCUT2D eigenvalue weighted by Crippen LogP contribution is 2.03. The first-order chi connectivity index (χ1) is 3.80. The number of nitrogens with two attached hydrogens (primary N) is 1. The quantitative estimate of drug-likeness (QED) is 0.494. The van der Waals surface area contributed by atoms with Crippen molar-refractivity contribution >= 4 is 12.4 Å². The molecule has 0 bridgehead atoms. The molecule has 0 aliphatic carbocycles. The number of hydrogen-bond acceptors (Lipinski definition) is 3. The molecule has 1 aliphatic heterocycles. The van der Waals surface area contributed by atoms with Gasteiger partial charge in [0, 0.05) is 6.61 Å². The van der Waals surface area contributed by atoms with Gasteiger partial charge in [0.25, 0.3) is 0 Å². The van der Waals surface area contributed by atoms with Crippen molar-refractivity contribution < 1.29 is 9.84 Å². The van der Waals surface area contributed by atoms with Gasteiger partial charge in [-0.1, -0.05) is 0 Å². The zero-order valence-electron chi connectivity index (χ0n) is 5.12. The highest BCUT2D eigenvalue weighted by Gasteiger charge is 2.18. The normalized spacial score (nSPS) is 35.3. The smallest absolute Gasteiger partial charge is 0.0735 e. The van der Waals surface area contributed by atoms with E-state index in [1.807, 2.05) is 0 Å². The molecule has 1 aliphatic rings. The summed E-state index contributed by atoms with van der Waals surface area (Å²) in [5, 5.41) is 8.97. The van der Waals surface area contributed by atoms with Crippen molar-refractivity contribution in [3.8, 4) is 0 Å². The molecule has 56 valence electrons. The van der Waals surface area contributed by atoms with Crippen molar-refractivity contribution in [1.82, 2.24) is 0 Å². The van der Waals surface area contributed by atoms with Crippen molar-refractivity contribution in [1.29, 1.82) is 0 Å². The highest BCUT2D eigenvalue weighted by molar-refractivity contribution is 5.85.